The number of unbranched alkanes of at least 4 members (excludes halogenated alkanes) is 48. The quantitative estimate of drug-likeness (QED) is 0.0222. The minimum absolute atomic E-state index is 0.105. The Balaban J connectivity index is 5.24. The van der Waals surface area contributed by atoms with Crippen LogP contribution in [0.15, 0.2) is 0 Å². The van der Waals surface area contributed by atoms with Gasteiger partial charge in [0, 0.05) is 25.7 Å². The first-order valence-corrected chi connectivity index (χ1v) is 45.9. The average Bonchev–Trinajstić information content (AvgIpc) is 0.989. The molecule has 0 rings (SSSR count). The lowest BCUT2D eigenvalue weighted by Gasteiger charge is -2.21. The summed E-state index contributed by atoms with van der Waals surface area (Å²) in [6.07, 6.45) is 62.5. The molecule has 0 saturated heterocycles. The third-order valence-corrected chi connectivity index (χ3v) is 21.6. The summed E-state index contributed by atoms with van der Waals surface area (Å²) in [6, 6.07) is 0. The fourth-order valence-corrected chi connectivity index (χ4v) is 14.4. The van der Waals surface area contributed by atoms with Gasteiger partial charge in [0.15, 0.2) is 12.2 Å². The van der Waals surface area contributed by atoms with Crippen LogP contribution in [0.1, 0.15) is 434 Å². The molecular weight excluding hydrogens is 1330 g/mol. The largest absolute Gasteiger partial charge is 0.472 e. The Morgan fingerprint density at radius 3 is 0.745 bits per heavy atom. The van der Waals surface area contributed by atoms with Crippen LogP contribution in [-0.4, -0.2) is 96.7 Å². The maximum Gasteiger partial charge on any atom is 0.472 e. The number of carbonyl (C=O) groups is 4. The zero-order valence-corrected chi connectivity index (χ0v) is 68.9. The van der Waals surface area contributed by atoms with Crippen molar-refractivity contribution in [1.82, 2.24) is 0 Å². The summed E-state index contributed by atoms with van der Waals surface area (Å²) in [4.78, 5) is 73.1. The fourth-order valence-electron chi connectivity index (χ4n) is 12.8. The van der Waals surface area contributed by atoms with Crippen LogP contribution in [0.3, 0.4) is 0 Å². The molecule has 0 bridgehead atoms. The van der Waals surface area contributed by atoms with Gasteiger partial charge in [-0.05, 0) is 43.4 Å². The summed E-state index contributed by atoms with van der Waals surface area (Å²) in [5.41, 5.74) is 0. The van der Waals surface area contributed by atoms with Crippen LogP contribution >= 0.6 is 15.6 Å². The molecule has 0 spiro atoms. The van der Waals surface area contributed by atoms with Gasteiger partial charge >= 0.3 is 39.5 Å². The minimum atomic E-state index is -4.96. The van der Waals surface area contributed by atoms with E-state index in [1.807, 2.05) is 0 Å². The molecular formula is C83H162O17P2. The molecule has 0 aliphatic carbocycles. The first-order chi connectivity index (χ1) is 49.3. The molecule has 0 aliphatic heterocycles. The second-order valence-corrected chi connectivity index (χ2v) is 34.0. The van der Waals surface area contributed by atoms with Crippen molar-refractivity contribution in [3.05, 3.63) is 0 Å². The van der Waals surface area contributed by atoms with Gasteiger partial charge in [-0.1, -0.05) is 382 Å². The summed E-state index contributed by atoms with van der Waals surface area (Å²) >= 11 is 0. The smallest absolute Gasteiger partial charge is 0.462 e. The number of phosphoric ester groups is 2. The Kier molecular flexibility index (Phi) is 71.8. The van der Waals surface area contributed by atoms with E-state index in [4.69, 9.17) is 37.0 Å². The first kappa shape index (κ1) is 100. The van der Waals surface area contributed by atoms with Crippen molar-refractivity contribution in [2.24, 2.45) is 17.8 Å². The standard InChI is InChI=1S/C83H162O17P2/c1-8-10-11-12-13-14-15-16-17-20-24-27-30-35-43-50-57-64-80(85)93-70-78(99-82(87)66-59-52-45-36-31-28-25-22-19-18-21-23-26-29-33-40-47-54-61-74(3)4)72-97-101(89,90)95-68-77(84)69-96-102(91,92)98-73-79(100-83(88)67-60-53-46-37-32-34-41-48-55-62-75(5)6)71-94-81(86)65-58-51-44-39-38-42-49-56-63-76(7)9-2/h74-79,84H,8-73H2,1-7H3,(H,89,90)(H,91,92)/t76?,77-,78-,79-/m1/s1. The topological polar surface area (TPSA) is 237 Å². The molecule has 0 aliphatic rings. The van der Waals surface area contributed by atoms with Gasteiger partial charge in [0.25, 0.3) is 0 Å². The maximum atomic E-state index is 13.1. The monoisotopic (exact) mass is 1490 g/mol. The van der Waals surface area contributed by atoms with Crippen molar-refractivity contribution in [1.29, 1.82) is 0 Å². The third-order valence-electron chi connectivity index (χ3n) is 19.7. The van der Waals surface area contributed by atoms with E-state index in [2.05, 4.69) is 48.5 Å². The van der Waals surface area contributed by atoms with Gasteiger partial charge in [0.05, 0.1) is 26.4 Å². The SMILES string of the molecule is CCCCCCCCCCCCCCCCCCCC(=O)OC[C@H](COP(=O)(O)OC[C@@H](O)COP(=O)(O)OC[C@@H](COC(=O)CCCCCCCCCCC(C)CC)OC(=O)CCCCCCCCCCCC(C)C)OC(=O)CCCCCCCCCCCCCCCCCCCCC(C)C. The van der Waals surface area contributed by atoms with Gasteiger partial charge in [-0.3, -0.25) is 37.3 Å². The maximum absolute atomic E-state index is 13.1. The van der Waals surface area contributed by atoms with Gasteiger partial charge < -0.3 is 33.8 Å². The summed E-state index contributed by atoms with van der Waals surface area (Å²) in [6.45, 7) is 12.0. The minimum Gasteiger partial charge on any atom is -0.462 e. The van der Waals surface area contributed by atoms with Gasteiger partial charge in [-0.15, -0.1) is 0 Å². The summed E-state index contributed by atoms with van der Waals surface area (Å²) in [7, 11) is -9.92. The second-order valence-electron chi connectivity index (χ2n) is 31.1. The molecule has 0 aromatic rings. The van der Waals surface area contributed by atoms with Crippen molar-refractivity contribution in [3.8, 4) is 0 Å². The highest BCUT2D eigenvalue weighted by Crippen LogP contribution is 2.45. The molecule has 606 valence electrons. The lowest BCUT2D eigenvalue weighted by atomic mass is 9.99. The molecule has 0 amide bonds. The van der Waals surface area contributed by atoms with Crippen LogP contribution in [0, 0.1) is 17.8 Å². The normalized spacial score (nSPS) is 14.2. The number of carbonyl (C=O) groups excluding carboxylic acids is 4. The Labute approximate surface area is 626 Å². The Hall–Kier alpha value is -1.94. The van der Waals surface area contributed by atoms with Gasteiger partial charge in [0.2, 0.25) is 0 Å². The molecule has 19 heteroatoms. The molecule has 0 heterocycles. The number of aliphatic hydroxyl groups excluding tert-OH is 1. The average molecular weight is 1490 g/mol. The zero-order chi connectivity index (χ0) is 75.1. The molecule has 102 heavy (non-hydrogen) atoms. The highest BCUT2D eigenvalue weighted by atomic mass is 31.2. The number of ether oxygens (including phenoxy) is 4. The molecule has 0 aromatic heterocycles. The second kappa shape index (κ2) is 73.2. The Morgan fingerprint density at radius 2 is 0.500 bits per heavy atom. The van der Waals surface area contributed by atoms with E-state index in [1.54, 1.807) is 0 Å². The van der Waals surface area contributed by atoms with E-state index in [0.29, 0.717) is 25.7 Å². The van der Waals surface area contributed by atoms with E-state index in [9.17, 15) is 43.2 Å². The van der Waals surface area contributed by atoms with Crippen molar-refractivity contribution < 1.29 is 80.2 Å². The molecule has 6 atom stereocenters. The van der Waals surface area contributed by atoms with Crippen LogP contribution in [0.2, 0.25) is 0 Å². The van der Waals surface area contributed by atoms with E-state index in [0.717, 1.165) is 108 Å². The van der Waals surface area contributed by atoms with Gasteiger partial charge in [-0.25, -0.2) is 9.13 Å². The predicted octanol–water partition coefficient (Wildman–Crippen LogP) is 24.9. The van der Waals surface area contributed by atoms with Crippen LogP contribution in [0.5, 0.6) is 0 Å². The molecule has 3 unspecified atom stereocenters. The fraction of sp³-hybridized carbons (Fsp3) is 0.952. The number of phosphoric acid groups is 2. The molecule has 0 fully saturated rings. The van der Waals surface area contributed by atoms with Crippen molar-refractivity contribution in [2.75, 3.05) is 39.6 Å². The highest BCUT2D eigenvalue weighted by Gasteiger charge is 2.30. The predicted molar refractivity (Wildman–Crippen MR) is 418 cm³/mol. The van der Waals surface area contributed by atoms with Crippen LogP contribution in [0.4, 0.5) is 0 Å². The lowest BCUT2D eigenvalue weighted by Crippen LogP contribution is -2.30. The molecule has 0 aromatic carbocycles. The Bertz CT molecular complexity index is 1980. The van der Waals surface area contributed by atoms with Crippen molar-refractivity contribution in [2.45, 2.75) is 452 Å². The van der Waals surface area contributed by atoms with E-state index < -0.39 is 97.5 Å². The zero-order valence-electron chi connectivity index (χ0n) is 67.1. The first-order valence-electron chi connectivity index (χ1n) is 42.9. The van der Waals surface area contributed by atoms with E-state index >= 15 is 0 Å². The lowest BCUT2D eigenvalue weighted by molar-refractivity contribution is -0.161. The number of hydrogen-bond donors (Lipinski definition) is 3. The number of aliphatic hydroxyl groups is 1. The summed E-state index contributed by atoms with van der Waals surface area (Å²) in [5, 5.41) is 10.7. The Morgan fingerprint density at radius 1 is 0.284 bits per heavy atom. The van der Waals surface area contributed by atoms with Crippen LogP contribution < -0.4 is 0 Å². The number of esters is 4. The molecule has 3 N–H and O–H groups in total. The van der Waals surface area contributed by atoms with Gasteiger partial charge in [0.1, 0.15) is 19.3 Å². The van der Waals surface area contributed by atoms with Crippen molar-refractivity contribution in [3.63, 3.8) is 0 Å². The summed E-state index contributed by atoms with van der Waals surface area (Å²) in [5.74, 6) is 0.225. The van der Waals surface area contributed by atoms with Crippen LogP contribution in [-0.2, 0) is 65.4 Å². The molecule has 0 radical (unpaired) electrons. The van der Waals surface area contributed by atoms with Crippen molar-refractivity contribution >= 4 is 39.5 Å². The molecule has 0 saturated carbocycles. The number of rotatable bonds is 81. The van der Waals surface area contributed by atoms with E-state index in [1.165, 1.54) is 244 Å². The van der Waals surface area contributed by atoms with Gasteiger partial charge in [-0.2, -0.15) is 0 Å². The van der Waals surface area contributed by atoms with E-state index in [-0.39, 0.29) is 25.7 Å². The third kappa shape index (κ3) is 74.9. The molecule has 17 nitrogen and oxygen atoms in total. The van der Waals surface area contributed by atoms with Crippen LogP contribution in [0.25, 0.3) is 0 Å². The highest BCUT2D eigenvalue weighted by molar-refractivity contribution is 7.47. The summed E-state index contributed by atoms with van der Waals surface area (Å²) < 4.78 is 68.8. The number of hydrogen-bond acceptors (Lipinski definition) is 15.